The van der Waals surface area contributed by atoms with Gasteiger partial charge in [0, 0.05) is 0 Å². The molecule has 0 amide bonds. The summed E-state index contributed by atoms with van der Waals surface area (Å²) in [4.78, 5) is 0. The molecule has 0 saturated heterocycles. The van der Waals surface area contributed by atoms with Crippen LogP contribution in [0.1, 0.15) is 0 Å². The summed E-state index contributed by atoms with van der Waals surface area (Å²) in [6.45, 7) is 0. The van der Waals surface area contributed by atoms with Gasteiger partial charge in [0.15, 0.2) is 46.5 Å². The van der Waals surface area contributed by atoms with Gasteiger partial charge in [0.05, 0.1) is 0 Å². The summed E-state index contributed by atoms with van der Waals surface area (Å²) >= 11 is 10.6. The minimum Gasteiger partial charge on any atom is -0.0620 e. The van der Waals surface area contributed by atoms with Crippen molar-refractivity contribution in [2.45, 2.75) is 0 Å². The molecule has 0 unspecified atom stereocenters. The molecule has 0 bridgehead atoms. The van der Waals surface area contributed by atoms with Gasteiger partial charge < -0.3 is 0 Å². The van der Waals surface area contributed by atoms with E-state index in [1.54, 1.807) is 0 Å². The van der Waals surface area contributed by atoms with E-state index in [9.17, 15) is 0 Å². The zero-order chi connectivity index (χ0) is 7.61. The lowest BCUT2D eigenvalue weighted by atomic mass is 10.4. The van der Waals surface area contributed by atoms with Crippen LogP contribution >= 0.6 is 49.8 Å². The van der Waals surface area contributed by atoms with Gasteiger partial charge in [-0.15, -0.1) is 0 Å². The standard InChI is InChI=1S/C6H5Br3P/c7-10(8,9)6-4-2-1-3-5-6/h1-5H/q+1. The van der Waals surface area contributed by atoms with Crippen molar-refractivity contribution in [1.82, 2.24) is 0 Å². The van der Waals surface area contributed by atoms with Crippen molar-refractivity contribution < 1.29 is 0 Å². The van der Waals surface area contributed by atoms with Crippen molar-refractivity contribution >= 4 is 55.1 Å². The van der Waals surface area contributed by atoms with Crippen LogP contribution in [0.3, 0.4) is 0 Å². The Morgan fingerprint density at radius 1 is 0.900 bits per heavy atom. The predicted molar refractivity (Wildman–Crippen MR) is 59.8 cm³/mol. The molecule has 1 rings (SSSR count). The van der Waals surface area contributed by atoms with Crippen LogP contribution in [-0.4, -0.2) is 0 Å². The average molecular weight is 348 g/mol. The van der Waals surface area contributed by atoms with Gasteiger partial charge in [-0.2, -0.15) is 0 Å². The normalized spacial score (nSPS) is 11.5. The maximum Gasteiger partial charge on any atom is 0.252 e. The van der Waals surface area contributed by atoms with Crippen LogP contribution in [0, 0.1) is 0 Å². The van der Waals surface area contributed by atoms with E-state index in [2.05, 4.69) is 58.6 Å². The number of hydrogen-bond acceptors (Lipinski definition) is 0. The van der Waals surface area contributed by atoms with E-state index in [4.69, 9.17) is 0 Å². The van der Waals surface area contributed by atoms with Gasteiger partial charge in [0.2, 0.25) is 0 Å². The summed E-state index contributed by atoms with van der Waals surface area (Å²) in [5.41, 5.74) is 0. The van der Waals surface area contributed by atoms with Gasteiger partial charge in [-0.3, -0.25) is 0 Å². The molecule has 54 valence electrons. The lowest BCUT2D eigenvalue weighted by Crippen LogP contribution is -1.94. The Labute approximate surface area is 85.0 Å². The molecule has 0 nitrogen and oxygen atoms in total. The molecule has 0 aliphatic carbocycles. The van der Waals surface area contributed by atoms with Crippen LogP contribution in [0.5, 0.6) is 0 Å². The zero-order valence-electron chi connectivity index (χ0n) is 4.97. The molecule has 1 aromatic carbocycles. The predicted octanol–water partition coefficient (Wildman–Crippen LogP) is 4.26. The van der Waals surface area contributed by atoms with E-state index < -0.39 is 3.37 Å². The van der Waals surface area contributed by atoms with E-state index >= 15 is 0 Å². The maximum atomic E-state index is 3.53. The van der Waals surface area contributed by atoms with E-state index in [0.717, 1.165) is 0 Å². The smallest absolute Gasteiger partial charge is 0.0620 e. The summed E-state index contributed by atoms with van der Waals surface area (Å²) < 4.78 is -1.33. The lowest BCUT2D eigenvalue weighted by Gasteiger charge is -1.98. The van der Waals surface area contributed by atoms with Crippen LogP contribution in [0.15, 0.2) is 30.3 Å². The second kappa shape index (κ2) is 3.66. The fraction of sp³-hybridized carbons (Fsp3) is 0. The Balaban J connectivity index is 2.97. The van der Waals surface area contributed by atoms with Crippen LogP contribution in [-0.2, 0) is 0 Å². The minimum atomic E-state index is -1.33. The molecule has 4 heteroatoms. The van der Waals surface area contributed by atoms with E-state index in [1.165, 1.54) is 5.30 Å². The Bertz CT molecular complexity index is 204. The second-order valence-electron chi connectivity index (χ2n) is 1.78. The fourth-order valence-corrected chi connectivity index (χ4v) is 3.24. The highest BCUT2D eigenvalue weighted by atomic mass is 80.0. The van der Waals surface area contributed by atoms with Crippen molar-refractivity contribution in [3.05, 3.63) is 30.3 Å². The first-order valence-corrected chi connectivity index (χ1v) is 10.5. The molecule has 0 heterocycles. The average Bonchev–Trinajstić information content (AvgIpc) is 1.88. The maximum absolute atomic E-state index is 3.53. The Kier molecular flexibility index (Phi) is 3.36. The molecule has 10 heavy (non-hydrogen) atoms. The van der Waals surface area contributed by atoms with E-state index in [1.807, 2.05) is 18.2 Å². The van der Waals surface area contributed by atoms with Crippen LogP contribution in [0.4, 0.5) is 0 Å². The molecule has 0 saturated carbocycles. The number of hydrogen-bond donors (Lipinski definition) is 0. The summed E-state index contributed by atoms with van der Waals surface area (Å²) in [5.74, 6) is 0. The summed E-state index contributed by atoms with van der Waals surface area (Å²) in [5, 5.41) is 1.26. The van der Waals surface area contributed by atoms with Crippen molar-refractivity contribution in [1.29, 1.82) is 0 Å². The highest BCUT2D eigenvalue weighted by molar-refractivity contribution is 9.97. The highest BCUT2D eigenvalue weighted by Crippen LogP contribution is 2.78. The molecular weight excluding hydrogens is 343 g/mol. The topological polar surface area (TPSA) is 0 Å². The number of halogens is 3. The third-order valence-electron chi connectivity index (χ3n) is 1.05. The summed E-state index contributed by atoms with van der Waals surface area (Å²) in [6.07, 6.45) is 0. The van der Waals surface area contributed by atoms with Gasteiger partial charge in [-0.25, -0.2) is 0 Å². The van der Waals surface area contributed by atoms with Crippen molar-refractivity contribution in [2.24, 2.45) is 0 Å². The van der Waals surface area contributed by atoms with Crippen LogP contribution in [0.25, 0.3) is 0 Å². The third-order valence-corrected chi connectivity index (χ3v) is 5.62. The highest BCUT2D eigenvalue weighted by Gasteiger charge is 2.32. The minimum absolute atomic E-state index is 1.26. The first-order valence-electron chi connectivity index (χ1n) is 2.64. The molecule has 0 aliphatic rings. The number of benzene rings is 1. The molecule has 0 fully saturated rings. The molecule has 0 atom stereocenters. The number of rotatable bonds is 1. The Morgan fingerprint density at radius 2 is 1.40 bits per heavy atom. The molecule has 0 N–H and O–H groups in total. The van der Waals surface area contributed by atoms with Gasteiger partial charge in [0.25, 0.3) is 3.37 Å². The fourth-order valence-electron chi connectivity index (χ4n) is 0.597. The van der Waals surface area contributed by atoms with Crippen LogP contribution < -0.4 is 5.30 Å². The molecule has 1 aromatic rings. The van der Waals surface area contributed by atoms with Gasteiger partial charge in [-0.05, 0) is 12.1 Å². The molecular formula is C6H5Br3P+. The van der Waals surface area contributed by atoms with Gasteiger partial charge in [0.1, 0.15) is 5.30 Å². The van der Waals surface area contributed by atoms with Gasteiger partial charge >= 0.3 is 0 Å². The van der Waals surface area contributed by atoms with E-state index in [0.29, 0.717) is 0 Å². The quantitative estimate of drug-likeness (QED) is 0.666. The lowest BCUT2D eigenvalue weighted by molar-refractivity contribution is 1.78. The SMILES string of the molecule is Br[P+](Br)(Br)c1ccccc1. The summed E-state index contributed by atoms with van der Waals surface area (Å²) in [6, 6.07) is 10.2. The Morgan fingerprint density at radius 3 is 1.70 bits per heavy atom. The second-order valence-corrected chi connectivity index (χ2v) is 21.3. The summed E-state index contributed by atoms with van der Waals surface area (Å²) in [7, 11) is 0. The zero-order valence-corrected chi connectivity index (χ0v) is 10.6. The first kappa shape index (κ1) is 9.18. The van der Waals surface area contributed by atoms with Crippen molar-refractivity contribution in [2.75, 3.05) is 0 Å². The molecule has 0 radical (unpaired) electrons. The van der Waals surface area contributed by atoms with E-state index in [-0.39, 0.29) is 0 Å². The third kappa shape index (κ3) is 2.61. The first-order chi connectivity index (χ1) is 4.61. The van der Waals surface area contributed by atoms with Crippen molar-refractivity contribution in [3.63, 3.8) is 0 Å². The molecule has 0 aromatic heterocycles. The Hall–Kier alpha value is 1.09. The molecule has 0 aliphatic heterocycles. The van der Waals surface area contributed by atoms with Gasteiger partial charge in [-0.1, -0.05) is 18.2 Å². The van der Waals surface area contributed by atoms with Crippen LogP contribution in [0.2, 0.25) is 0 Å². The largest absolute Gasteiger partial charge is 0.252 e. The molecule has 0 spiro atoms. The monoisotopic (exact) mass is 345 g/mol. The van der Waals surface area contributed by atoms with Crippen molar-refractivity contribution in [3.8, 4) is 0 Å².